The lowest BCUT2D eigenvalue weighted by atomic mass is 10.2. The predicted molar refractivity (Wildman–Crippen MR) is 93.4 cm³/mol. The number of likely N-dealkylation sites (tertiary alicyclic amines) is 1. The van der Waals surface area contributed by atoms with E-state index in [1.807, 2.05) is 19.1 Å². The maximum absolute atomic E-state index is 12.5. The molecule has 1 aliphatic heterocycles. The van der Waals surface area contributed by atoms with Crippen molar-refractivity contribution in [1.82, 2.24) is 20.0 Å². The van der Waals surface area contributed by atoms with E-state index in [4.69, 9.17) is 4.42 Å². The molecular formula is C18H24N4O3. The number of aryl methyl sites for hydroxylation is 1. The van der Waals surface area contributed by atoms with Crippen LogP contribution in [0.15, 0.2) is 39.7 Å². The average Bonchev–Trinajstić information content (AvgIpc) is 3.31. The van der Waals surface area contributed by atoms with Gasteiger partial charge in [-0.15, -0.1) is 0 Å². The van der Waals surface area contributed by atoms with Gasteiger partial charge in [0, 0.05) is 19.2 Å². The van der Waals surface area contributed by atoms with Crippen LogP contribution in [-0.2, 0) is 6.54 Å². The van der Waals surface area contributed by atoms with Crippen LogP contribution in [0.5, 0.6) is 0 Å². The molecule has 25 heavy (non-hydrogen) atoms. The first-order valence-electron chi connectivity index (χ1n) is 8.83. The fourth-order valence-electron chi connectivity index (χ4n) is 3.17. The molecule has 0 spiro atoms. The number of rotatable bonds is 7. The Balaban J connectivity index is 1.69. The zero-order chi connectivity index (χ0) is 17.6. The Bertz CT molecular complexity index is 748. The van der Waals surface area contributed by atoms with Gasteiger partial charge < -0.3 is 9.73 Å². The van der Waals surface area contributed by atoms with E-state index in [0.717, 1.165) is 38.1 Å². The SMILES string of the molecule is CCCn1nc(C(=O)NC[C@@H](c2ccco2)N2CCCC2)ccc1=O. The van der Waals surface area contributed by atoms with Crippen molar-refractivity contribution in [1.29, 1.82) is 0 Å². The second kappa shape index (κ2) is 8.11. The van der Waals surface area contributed by atoms with Gasteiger partial charge in [0.15, 0.2) is 0 Å². The molecule has 1 atom stereocenters. The predicted octanol–water partition coefficient (Wildman–Crippen LogP) is 1.81. The highest BCUT2D eigenvalue weighted by Gasteiger charge is 2.26. The van der Waals surface area contributed by atoms with Crippen LogP contribution in [-0.4, -0.2) is 40.2 Å². The van der Waals surface area contributed by atoms with Crippen LogP contribution in [0.25, 0.3) is 0 Å². The molecule has 0 saturated carbocycles. The van der Waals surface area contributed by atoms with Gasteiger partial charge in [-0.05, 0) is 50.6 Å². The van der Waals surface area contributed by atoms with Crippen LogP contribution >= 0.6 is 0 Å². The van der Waals surface area contributed by atoms with Gasteiger partial charge in [0.05, 0.1) is 12.3 Å². The molecule has 0 bridgehead atoms. The van der Waals surface area contributed by atoms with E-state index in [-0.39, 0.29) is 23.2 Å². The van der Waals surface area contributed by atoms with Gasteiger partial charge in [-0.25, -0.2) is 4.68 Å². The number of aromatic nitrogens is 2. The van der Waals surface area contributed by atoms with Gasteiger partial charge in [0.2, 0.25) is 0 Å². The minimum absolute atomic E-state index is 0.0167. The van der Waals surface area contributed by atoms with Crippen LogP contribution in [0, 0.1) is 0 Å². The summed E-state index contributed by atoms with van der Waals surface area (Å²) in [6.45, 7) is 4.91. The summed E-state index contributed by atoms with van der Waals surface area (Å²) in [5.41, 5.74) is 0.0663. The molecule has 1 N–H and O–H groups in total. The summed E-state index contributed by atoms with van der Waals surface area (Å²) in [6.07, 6.45) is 4.76. The first kappa shape index (κ1) is 17.4. The molecule has 0 unspecified atom stereocenters. The topological polar surface area (TPSA) is 80.4 Å². The quantitative estimate of drug-likeness (QED) is 0.829. The molecule has 3 heterocycles. The Labute approximate surface area is 146 Å². The Hall–Kier alpha value is -2.41. The van der Waals surface area contributed by atoms with Gasteiger partial charge >= 0.3 is 0 Å². The zero-order valence-corrected chi connectivity index (χ0v) is 14.5. The number of amides is 1. The molecule has 2 aromatic rings. The summed E-state index contributed by atoms with van der Waals surface area (Å²) in [7, 11) is 0. The van der Waals surface area contributed by atoms with Crippen molar-refractivity contribution in [2.24, 2.45) is 0 Å². The summed E-state index contributed by atoms with van der Waals surface area (Å²) in [5, 5.41) is 7.09. The van der Waals surface area contributed by atoms with Crippen molar-refractivity contribution in [3.8, 4) is 0 Å². The van der Waals surface area contributed by atoms with E-state index in [2.05, 4.69) is 15.3 Å². The van der Waals surface area contributed by atoms with Crippen LogP contribution in [0.4, 0.5) is 0 Å². The van der Waals surface area contributed by atoms with Crippen LogP contribution < -0.4 is 10.9 Å². The second-order valence-corrected chi connectivity index (χ2v) is 6.26. The lowest BCUT2D eigenvalue weighted by Gasteiger charge is -2.25. The monoisotopic (exact) mass is 344 g/mol. The molecule has 1 amide bonds. The van der Waals surface area contributed by atoms with Crippen LogP contribution in [0.2, 0.25) is 0 Å². The van der Waals surface area contributed by atoms with Gasteiger partial charge in [0.1, 0.15) is 11.5 Å². The van der Waals surface area contributed by atoms with Crippen molar-refractivity contribution < 1.29 is 9.21 Å². The highest BCUT2D eigenvalue weighted by Crippen LogP contribution is 2.24. The summed E-state index contributed by atoms with van der Waals surface area (Å²) < 4.78 is 6.89. The zero-order valence-electron chi connectivity index (χ0n) is 14.5. The Morgan fingerprint density at radius 3 is 2.80 bits per heavy atom. The Morgan fingerprint density at radius 1 is 1.32 bits per heavy atom. The lowest BCUT2D eigenvalue weighted by molar-refractivity contribution is 0.0926. The van der Waals surface area contributed by atoms with E-state index >= 15 is 0 Å². The maximum Gasteiger partial charge on any atom is 0.271 e. The van der Waals surface area contributed by atoms with Crippen LogP contribution in [0.1, 0.15) is 48.5 Å². The van der Waals surface area contributed by atoms with Crippen molar-refractivity contribution in [3.05, 3.63) is 52.3 Å². The minimum atomic E-state index is -0.277. The van der Waals surface area contributed by atoms with E-state index in [9.17, 15) is 9.59 Å². The third-order valence-corrected chi connectivity index (χ3v) is 4.44. The summed E-state index contributed by atoms with van der Waals surface area (Å²) in [6, 6.07) is 6.68. The summed E-state index contributed by atoms with van der Waals surface area (Å²) >= 11 is 0. The van der Waals surface area contributed by atoms with E-state index in [1.54, 1.807) is 6.26 Å². The number of nitrogens with zero attached hydrogens (tertiary/aromatic N) is 3. The highest BCUT2D eigenvalue weighted by atomic mass is 16.3. The van der Waals surface area contributed by atoms with Crippen molar-refractivity contribution in [3.63, 3.8) is 0 Å². The maximum atomic E-state index is 12.5. The fraction of sp³-hybridized carbons (Fsp3) is 0.500. The van der Waals surface area contributed by atoms with Gasteiger partial charge in [-0.1, -0.05) is 6.92 Å². The largest absolute Gasteiger partial charge is 0.468 e. The summed E-state index contributed by atoms with van der Waals surface area (Å²) in [4.78, 5) is 26.5. The molecule has 1 saturated heterocycles. The fourth-order valence-corrected chi connectivity index (χ4v) is 3.17. The Morgan fingerprint density at radius 2 is 2.12 bits per heavy atom. The highest BCUT2D eigenvalue weighted by molar-refractivity contribution is 5.92. The van der Waals surface area contributed by atoms with Gasteiger partial charge in [-0.3, -0.25) is 14.5 Å². The molecule has 0 radical (unpaired) electrons. The molecule has 3 rings (SSSR count). The lowest BCUT2D eigenvalue weighted by Crippen LogP contribution is -2.37. The second-order valence-electron chi connectivity index (χ2n) is 6.26. The molecular weight excluding hydrogens is 320 g/mol. The third kappa shape index (κ3) is 4.17. The molecule has 7 nitrogen and oxygen atoms in total. The van der Waals surface area contributed by atoms with Gasteiger partial charge in [0.25, 0.3) is 11.5 Å². The van der Waals surface area contributed by atoms with Crippen molar-refractivity contribution in [2.45, 2.75) is 38.8 Å². The number of furan rings is 1. The summed E-state index contributed by atoms with van der Waals surface area (Å²) in [5.74, 6) is 0.576. The average molecular weight is 344 g/mol. The van der Waals surface area contributed by atoms with Crippen molar-refractivity contribution in [2.75, 3.05) is 19.6 Å². The van der Waals surface area contributed by atoms with E-state index < -0.39 is 0 Å². The molecule has 1 fully saturated rings. The van der Waals surface area contributed by atoms with E-state index in [1.165, 1.54) is 16.8 Å². The molecule has 7 heteroatoms. The van der Waals surface area contributed by atoms with Gasteiger partial charge in [-0.2, -0.15) is 5.10 Å². The number of hydrogen-bond donors (Lipinski definition) is 1. The number of nitrogens with one attached hydrogen (secondary N) is 1. The normalized spacial score (nSPS) is 16.0. The molecule has 0 aromatic carbocycles. The molecule has 1 aliphatic rings. The first-order valence-corrected chi connectivity index (χ1v) is 8.83. The smallest absolute Gasteiger partial charge is 0.271 e. The van der Waals surface area contributed by atoms with Crippen LogP contribution in [0.3, 0.4) is 0 Å². The number of carbonyl (C=O) groups is 1. The third-order valence-electron chi connectivity index (χ3n) is 4.44. The standard InChI is InChI=1S/C18H24N4O3/c1-2-9-22-17(23)8-7-14(20-22)18(24)19-13-15(16-6-5-12-25-16)21-10-3-4-11-21/h5-8,12,15H,2-4,9-11,13H2,1H3,(H,19,24)/t15-/m0/s1. The Kier molecular flexibility index (Phi) is 5.65. The van der Waals surface area contributed by atoms with Crippen molar-refractivity contribution >= 4 is 5.91 Å². The van der Waals surface area contributed by atoms with E-state index in [0.29, 0.717) is 13.1 Å². The number of carbonyl (C=O) groups excluding carboxylic acids is 1. The molecule has 134 valence electrons. The molecule has 2 aromatic heterocycles. The molecule has 0 aliphatic carbocycles. The number of hydrogen-bond acceptors (Lipinski definition) is 5. The first-order chi connectivity index (χ1) is 12.2. The minimum Gasteiger partial charge on any atom is -0.468 e.